The Morgan fingerprint density at radius 1 is 0.950 bits per heavy atom. The lowest BCUT2D eigenvalue weighted by Crippen LogP contribution is -2.09. The summed E-state index contributed by atoms with van der Waals surface area (Å²) in [5.41, 5.74) is 5.77. The normalized spacial score (nSPS) is 16.8. The summed E-state index contributed by atoms with van der Waals surface area (Å²) in [6.45, 7) is 4.13. The summed E-state index contributed by atoms with van der Waals surface area (Å²) in [4.78, 5) is 0. The Kier molecular flexibility index (Phi) is 3.62. The Hall–Kier alpha value is -1.60. The van der Waals surface area contributed by atoms with Gasteiger partial charge >= 0.3 is 0 Å². The highest BCUT2D eigenvalue weighted by atomic mass is 16.3. The van der Waals surface area contributed by atoms with Crippen molar-refractivity contribution < 1.29 is 5.11 Å². The summed E-state index contributed by atoms with van der Waals surface area (Å²) in [6.07, 6.45) is 3.47. The lowest BCUT2D eigenvalue weighted by Gasteiger charge is -2.26. The van der Waals surface area contributed by atoms with Gasteiger partial charge in [0.25, 0.3) is 0 Å². The molecule has 0 heterocycles. The molecule has 1 saturated carbocycles. The molecule has 1 N–H and O–H groups in total. The van der Waals surface area contributed by atoms with Gasteiger partial charge in [-0.05, 0) is 60.4 Å². The molecule has 2 aromatic carbocycles. The van der Waals surface area contributed by atoms with Crippen LogP contribution in [0, 0.1) is 13.8 Å². The quantitative estimate of drug-likeness (QED) is 0.857. The first-order valence-electron chi connectivity index (χ1n) is 7.51. The lowest BCUT2D eigenvalue weighted by atomic mass is 9.79. The van der Waals surface area contributed by atoms with E-state index in [9.17, 15) is 5.11 Å². The first-order chi connectivity index (χ1) is 9.66. The van der Waals surface area contributed by atoms with Crippen molar-refractivity contribution in [3.8, 4) is 0 Å². The van der Waals surface area contributed by atoms with Gasteiger partial charge in [0.1, 0.15) is 6.10 Å². The predicted molar refractivity (Wildman–Crippen MR) is 83.0 cm³/mol. The number of aliphatic hydroxyl groups excluding tert-OH is 1. The molecular weight excluding hydrogens is 244 g/mol. The number of hydrogen-bond donors (Lipinski definition) is 1. The minimum absolute atomic E-state index is 0.522. The second-order valence-electron chi connectivity index (χ2n) is 6.00. The van der Waals surface area contributed by atoms with Gasteiger partial charge in [-0.15, -0.1) is 0 Å². The van der Waals surface area contributed by atoms with Crippen LogP contribution in [0.4, 0.5) is 0 Å². The minimum atomic E-state index is -0.522. The topological polar surface area (TPSA) is 20.2 Å². The Morgan fingerprint density at radius 2 is 1.55 bits per heavy atom. The molecule has 0 saturated heterocycles. The van der Waals surface area contributed by atoms with E-state index in [1.54, 1.807) is 0 Å². The number of rotatable bonds is 3. The van der Waals surface area contributed by atoms with Crippen molar-refractivity contribution >= 4 is 0 Å². The van der Waals surface area contributed by atoms with Crippen LogP contribution in [0.3, 0.4) is 0 Å². The van der Waals surface area contributed by atoms with Gasteiger partial charge in [0.2, 0.25) is 0 Å². The smallest absolute Gasteiger partial charge is 0.105 e. The molecule has 0 aromatic heterocycles. The zero-order valence-electron chi connectivity index (χ0n) is 12.3. The standard InChI is InChI=1S/C19H22O/c1-13-5-3-6-14(2)18(13)19(20)17-11-9-16(10-12-17)15-7-4-8-15/h3,5-6,9-12,15,19-20H,4,7-8H2,1-2H3. The highest BCUT2D eigenvalue weighted by molar-refractivity contribution is 5.41. The number of benzene rings is 2. The van der Waals surface area contributed by atoms with E-state index in [1.807, 2.05) is 6.07 Å². The molecule has 0 aliphatic heterocycles. The van der Waals surface area contributed by atoms with E-state index in [-0.39, 0.29) is 0 Å². The average Bonchev–Trinajstić information content (AvgIpc) is 2.37. The Labute approximate surface area is 121 Å². The third-order valence-electron chi connectivity index (χ3n) is 4.64. The highest BCUT2D eigenvalue weighted by Crippen LogP contribution is 2.37. The summed E-state index contributed by atoms with van der Waals surface area (Å²) >= 11 is 0. The van der Waals surface area contributed by atoms with Crippen molar-refractivity contribution in [2.24, 2.45) is 0 Å². The van der Waals surface area contributed by atoms with Crippen molar-refractivity contribution in [1.82, 2.24) is 0 Å². The molecule has 104 valence electrons. The maximum Gasteiger partial charge on any atom is 0.105 e. The molecule has 2 aromatic rings. The fraction of sp³-hybridized carbons (Fsp3) is 0.368. The van der Waals surface area contributed by atoms with Crippen molar-refractivity contribution in [3.63, 3.8) is 0 Å². The molecule has 1 heteroatoms. The lowest BCUT2D eigenvalue weighted by molar-refractivity contribution is 0.218. The van der Waals surface area contributed by atoms with Gasteiger partial charge in [-0.2, -0.15) is 0 Å². The predicted octanol–water partition coefficient (Wildman–Crippen LogP) is 4.65. The number of hydrogen-bond acceptors (Lipinski definition) is 1. The molecule has 1 nitrogen and oxygen atoms in total. The molecule has 1 atom stereocenters. The van der Waals surface area contributed by atoms with Gasteiger partial charge in [0.15, 0.2) is 0 Å². The SMILES string of the molecule is Cc1cccc(C)c1C(O)c1ccc(C2CCC2)cc1. The molecule has 1 aliphatic rings. The van der Waals surface area contributed by atoms with Crippen LogP contribution in [0.25, 0.3) is 0 Å². The zero-order valence-corrected chi connectivity index (χ0v) is 12.3. The van der Waals surface area contributed by atoms with Crippen LogP contribution in [0.2, 0.25) is 0 Å². The van der Waals surface area contributed by atoms with Crippen LogP contribution in [-0.4, -0.2) is 5.11 Å². The van der Waals surface area contributed by atoms with Crippen LogP contribution in [-0.2, 0) is 0 Å². The van der Waals surface area contributed by atoms with Crippen LogP contribution >= 0.6 is 0 Å². The van der Waals surface area contributed by atoms with Crippen molar-refractivity contribution in [1.29, 1.82) is 0 Å². The molecule has 20 heavy (non-hydrogen) atoms. The summed E-state index contributed by atoms with van der Waals surface area (Å²) < 4.78 is 0. The second-order valence-corrected chi connectivity index (χ2v) is 6.00. The first kappa shape index (κ1) is 13.4. The van der Waals surface area contributed by atoms with E-state index in [0.717, 1.165) is 28.2 Å². The van der Waals surface area contributed by atoms with Gasteiger partial charge < -0.3 is 5.11 Å². The van der Waals surface area contributed by atoms with Crippen LogP contribution in [0.5, 0.6) is 0 Å². The summed E-state index contributed by atoms with van der Waals surface area (Å²) in [7, 11) is 0. The van der Waals surface area contributed by atoms with Crippen molar-refractivity contribution in [2.75, 3.05) is 0 Å². The minimum Gasteiger partial charge on any atom is -0.384 e. The fourth-order valence-corrected chi connectivity index (χ4v) is 3.12. The molecule has 1 unspecified atom stereocenters. The molecule has 1 fully saturated rings. The third kappa shape index (κ3) is 2.38. The molecule has 0 amide bonds. The van der Waals surface area contributed by atoms with E-state index in [1.165, 1.54) is 24.8 Å². The highest BCUT2D eigenvalue weighted by Gasteiger charge is 2.20. The van der Waals surface area contributed by atoms with Crippen LogP contribution in [0.1, 0.15) is 59.1 Å². The van der Waals surface area contributed by atoms with Gasteiger partial charge in [-0.3, -0.25) is 0 Å². The summed E-state index contributed by atoms with van der Waals surface area (Å²) in [6, 6.07) is 14.7. The maximum absolute atomic E-state index is 10.7. The van der Waals surface area contributed by atoms with E-state index < -0.39 is 6.10 Å². The Morgan fingerprint density at radius 3 is 2.05 bits per heavy atom. The van der Waals surface area contributed by atoms with E-state index in [4.69, 9.17) is 0 Å². The number of aryl methyl sites for hydroxylation is 2. The molecular formula is C19H22O. The van der Waals surface area contributed by atoms with Gasteiger partial charge in [-0.25, -0.2) is 0 Å². The molecule has 0 radical (unpaired) electrons. The van der Waals surface area contributed by atoms with E-state index in [0.29, 0.717) is 0 Å². The Balaban J connectivity index is 1.88. The summed E-state index contributed by atoms with van der Waals surface area (Å²) in [5, 5.41) is 10.7. The van der Waals surface area contributed by atoms with E-state index >= 15 is 0 Å². The first-order valence-corrected chi connectivity index (χ1v) is 7.51. The average molecular weight is 266 g/mol. The van der Waals surface area contributed by atoms with E-state index in [2.05, 4.69) is 50.2 Å². The fourth-order valence-electron chi connectivity index (χ4n) is 3.12. The monoisotopic (exact) mass is 266 g/mol. The number of aliphatic hydroxyl groups is 1. The van der Waals surface area contributed by atoms with Crippen molar-refractivity contribution in [2.45, 2.75) is 45.1 Å². The maximum atomic E-state index is 10.7. The molecule has 0 spiro atoms. The molecule has 3 rings (SSSR count). The zero-order chi connectivity index (χ0) is 14.1. The van der Waals surface area contributed by atoms with Crippen LogP contribution < -0.4 is 0 Å². The van der Waals surface area contributed by atoms with Crippen LogP contribution in [0.15, 0.2) is 42.5 Å². The summed E-state index contributed by atoms with van der Waals surface area (Å²) in [5.74, 6) is 0.751. The Bertz CT molecular complexity index is 573. The third-order valence-corrected chi connectivity index (χ3v) is 4.64. The second kappa shape index (κ2) is 5.41. The van der Waals surface area contributed by atoms with Gasteiger partial charge in [-0.1, -0.05) is 48.9 Å². The van der Waals surface area contributed by atoms with Crippen molar-refractivity contribution in [3.05, 3.63) is 70.3 Å². The largest absolute Gasteiger partial charge is 0.384 e. The van der Waals surface area contributed by atoms with Gasteiger partial charge in [0.05, 0.1) is 0 Å². The van der Waals surface area contributed by atoms with Gasteiger partial charge in [0, 0.05) is 0 Å². The molecule has 1 aliphatic carbocycles. The molecule has 0 bridgehead atoms.